The van der Waals surface area contributed by atoms with Crippen molar-refractivity contribution in [2.45, 2.75) is 26.4 Å². The fraction of sp³-hybridized carbons (Fsp3) is 0.462. The Bertz CT molecular complexity index is 523. The third-order valence-corrected chi connectivity index (χ3v) is 4.66. The van der Waals surface area contributed by atoms with Crippen molar-refractivity contribution in [3.8, 4) is 0 Å². The fourth-order valence-electron chi connectivity index (χ4n) is 1.64. The molecule has 1 rings (SSSR count). The van der Waals surface area contributed by atoms with E-state index >= 15 is 0 Å². The molecule has 0 aliphatic carbocycles. The molecule has 5 nitrogen and oxygen atoms in total. The van der Waals surface area contributed by atoms with E-state index in [0.717, 1.165) is 5.56 Å². The zero-order valence-corrected chi connectivity index (χ0v) is 12.0. The predicted octanol–water partition coefficient (Wildman–Crippen LogP) is 0.698. The van der Waals surface area contributed by atoms with Crippen molar-refractivity contribution in [2.75, 3.05) is 11.5 Å². The molecule has 0 fully saturated rings. The molecule has 0 saturated carbocycles. The number of amides is 1. The van der Waals surface area contributed by atoms with E-state index in [1.165, 1.54) is 0 Å². The summed E-state index contributed by atoms with van der Waals surface area (Å²) in [6.45, 7) is 3.70. The minimum absolute atomic E-state index is 0.0455. The van der Waals surface area contributed by atoms with Gasteiger partial charge in [-0.25, -0.2) is 8.42 Å². The maximum atomic E-state index is 11.9. The lowest BCUT2D eigenvalue weighted by Crippen LogP contribution is -2.37. The first-order valence-corrected chi connectivity index (χ1v) is 8.00. The van der Waals surface area contributed by atoms with E-state index in [2.05, 4.69) is 5.32 Å². The standard InChI is InChI=1S/C13H20N2O3S/c1-3-19(17,18)9-10(2)15-13(16)12-6-4-11(8-14)5-7-12/h4-7,10H,3,8-9,14H2,1-2H3,(H,15,16). The monoisotopic (exact) mass is 284 g/mol. The molecule has 0 spiro atoms. The summed E-state index contributed by atoms with van der Waals surface area (Å²) >= 11 is 0. The summed E-state index contributed by atoms with van der Waals surface area (Å²) in [6.07, 6.45) is 0. The Hall–Kier alpha value is -1.40. The van der Waals surface area contributed by atoms with Crippen LogP contribution in [0.1, 0.15) is 29.8 Å². The third-order valence-electron chi connectivity index (χ3n) is 2.77. The molecule has 106 valence electrons. The highest BCUT2D eigenvalue weighted by Crippen LogP contribution is 2.04. The van der Waals surface area contributed by atoms with Gasteiger partial charge in [0.25, 0.3) is 5.91 Å². The van der Waals surface area contributed by atoms with Crippen LogP contribution in [0.15, 0.2) is 24.3 Å². The van der Waals surface area contributed by atoms with Crippen LogP contribution in [0.25, 0.3) is 0 Å². The highest BCUT2D eigenvalue weighted by atomic mass is 32.2. The van der Waals surface area contributed by atoms with E-state index in [0.29, 0.717) is 12.1 Å². The molecule has 0 aliphatic rings. The van der Waals surface area contributed by atoms with Gasteiger partial charge in [0, 0.05) is 23.9 Å². The Balaban J connectivity index is 2.63. The molecule has 0 aliphatic heterocycles. The second-order valence-electron chi connectivity index (χ2n) is 4.47. The first-order chi connectivity index (χ1) is 8.88. The van der Waals surface area contributed by atoms with Crippen molar-refractivity contribution in [3.05, 3.63) is 35.4 Å². The van der Waals surface area contributed by atoms with Gasteiger partial charge in [-0.3, -0.25) is 4.79 Å². The summed E-state index contributed by atoms with van der Waals surface area (Å²) in [5.41, 5.74) is 6.92. The molecule has 19 heavy (non-hydrogen) atoms. The fourth-order valence-corrected chi connectivity index (χ4v) is 2.72. The SMILES string of the molecule is CCS(=O)(=O)CC(C)NC(=O)c1ccc(CN)cc1. The van der Waals surface area contributed by atoms with Crippen LogP contribution in [0.5, 0.6) is 0 Å². The summed E-state index contributed by atoms with van der Waals surface area (Å²) in [4.78, 5) is 11.9. The minimum Gasteiger partial charge on any atom is -0.349 e. The van der Waals surface area contributed by atoms with E-state index in [-0.39, 0.29) is 17.4 Å². The number of nitrogens with one attached hydrogen (secondary N) is 1. The average Bonchev–Trinajstić information content (AvgIpc) is 2.38. The lowest BCUT2D eigenvalue weighted by molar-refractivity contribution is 0.0943. The molecule has 0 saturated heterocycles. The van der Waals surface area contributed by atoms with Gasteiger partial charge in [-0.2, -0.15) is 0 Å². The maximum Gasteiger partial charge on any atom is 0.251 e. The Morgan fingerprint density at radius 1 is 1.32 bits per heavy atom. The van der Waals surface area contributed by atoms with E-state index in [9.17, 15) is 13.2 Å². The maximum absolute atomic E-state index is 11.9. The van der Waals surface area contributed by atoms with E-state index in [4.69, 9.17) is 5.73 Å². The molecule has 6 heteroatoms. The number of carbonyl (C=O) groups is 1. The van der Waals surface area contributed by atoms with Crippen LogP contribution in [0, 0.1) is 0 Å². The smallest absolute Gasteiger partial charge is 0.251 e. The number of benzene rings is 1. The zero-order valence-electron chi connectivity index (χ0n) is 11.2. The summed E-state index contributed by atoms with van der Waals surface area (Å²) < 4.78 is 22.9. The number of hydrogen-bond acceptors (Lipinski definition) is 4. The molecular formula is C13H20N2O3S. The average molecular weight is 284 g/mol. The predicted molar refractivity (Wildman–Crippen MR) is 75.6 cm³/mol. The summed E-state index contributed by atoms with van der Waals surface area (Å²) in [6, 6.07) is 6.51. The summed E-state index contributed by atoms with van der Waals surface area (Å²) in [7, 11) is -3.09. The third kappa shape index (κ3) is 5.00. The molecule has 1 atom stereocenters. The Morgan fingerprint density at radius 3 is 2.37 bits per heavy atom. The molecule has 0 bridgehead atoms. The Morgan fingerprint density at radius 2 is 1.89 bits per heavy atom. The second-order valence-corrected chi connectivity index (χ2v) is 6.87. The first kappa shape index (κ1) is 15.7. The molecule has 1 aromatic rings. The number of rotatable bonds is 6. The number of carbonyl (C=O) groups excluding carboxylic acids is 1. The van der Waals surface area contributed by atoms with Gasteiger partial charge < -0.3 is 11.1 Å². The first-order valence-electron chi connectivity index (χ1n) is 6.18. The van der Waals surface area contributed by atoms with Crippen LogP contribution in [-0.4, -0.2) is 31.9 Å². The van der Waals surface area contributed by atoms with Crippen LogP contribution in [0.4, 0.5) is 0 Å². The van der Waals surface area contributed by atoms with Gasteiger partial charge in [0.05, 0.1) is 5.75 Å². The molecular weight excluding hydrogens is 264 g/mol. The van der Waals surface area contributed by atoms with Gasteiger partial charge in [-0.15, -0.1) is 0 Å². The van der Waals surface area contributed by atoms with Gasteiger partial charge in [0.15, 0.2) is 9.84 Å². The van der Waals surface area contributed by atoms with Crippen LogP contribution in [-0.2, 0) is 16.4 Å². The van der Waals surface area contributed by atoms with Crippen molar-refractivity contribution < 1.29 is 13.2 Å². The Labute approximate surface area is 114 Å². The Kier molecular flexibility index (Phi) is 5.50. The quantitative estimate of drug-likeness (QED) is 0.804. The van der Waals surface area contributed by atoms with Crippen LogP contribution < -0.4 is 11.1 Å². The van der Waals surface area contributed by atoms with E-state index in [1.54, 1.807) is 38.1 Å². The molecule has 1 aromatic carbocycles. The van der Waals surface area contributed by atoms with Crippen molar-refractivity contribution in [3.63, 3.8) is 0 Å². The zero-order chi connectivity index (χ0) is 14.5. The highest BCUT2D eigenvalue weighted by molar-refractivity contribution is 7.91. The second kappa shape index (κ2) is 6.68. The van der Waals surface area contributed by atoms with Crippen molar-refractivity contribution in [1.82, 2.24) is 5.32 Å². The van der Waals surface area contributed by atoms with Gasteiger partial charge in [-0.1, -0.05) is 19.1 Å². The molecule has 0 aromatic heterocycles. The van der Waals surface area contributed by atoms with Gasteiger partial charge in [0.1, 0.15) is 0 Å². The van der Waals surface area contributed by atoms with Crippen LogP contribution in [0.3, 0.4) is 0 Å². The number of hydrogen-bond donors (Lipinski definition) is 2. The largest absolute Gasteiger partial charge is 0.349 e. The summed E-state index contributed by atoms with van der Waals surface area (Å²) in [5, 5.41) is 2.67. The van der Waals surface area contributed by atoms with Crippen molar-refractivity contribution in [2.24, 2.45) is 5.73 Å². The van der Waals surface area contributed by atoms with Gasteiger partial charge in [-0.05, 0) is 24.6 Å². The van der Waals surface area contributed by atoms with E-state index < -0.39 is 15.9 Å². The van der Waals surface area contributed by atoms with Gasteiger partial charge in [0.2, 0.25) is 0 Å². The summed E-state index contributed by atoms with van der Waals surface area (Å²) in [5.74, 6) is -0.239. The topological polar surface area (TPSA) is 89.3 Å². The van der Waals surface area contributed by atoms with Crippen molar-refractivity contribution >= 4 is 15.7 Å². The van der Waals surface area contributed by atoms with Crippen LogP contribution in [0.2, 0.25) is 0 Å². The lowest BCUT2D eigenvalue weighted by Gasteiger charge is -2.13. The minimum atomic E-state index is -3.09. The normalized spacial score (nSPS) is 13.0. The van der Waals surface area contributed by atoms with E-state index in [1.807, 2.05) is 0 Å². The van der Waals surface area contributed by atoms with Gasteiger partial charge >= 0.3 is 0 Å². The molecule has 1 amide bonds. The molecule has 0 heterocycles. The lowest BCUT2D eigenvalue weighted by atomic mass is 10.1. The number of nitrogens with two attached hydrogens (primary N) is 1. The molecule has 3 N–H and O–H groups in total. The van der Waals surface area contributed by atoms with Crippen LogP contribution >= 0.6 is 0 Å². The van der Waals surface area contributed by atoms with Crippen molar-refractivity contribution in [1.29, 1.82) is 0 Å². The molecule has 1 unspecified atom stereocenters. The number of sulfone groups is 1. The highest BCUT2D eigenvalue weighted by Gasteiger charge is 2.16. The molecule has 0 radical (unpaired) electrons.